The molecule has 0 aliphatic rings. The third-order valence-corrected chi connectivity index (χ3v) is 5.21. The van der Waals surface area contributed by atoms with Gasteiger partial charge in [0.05, 0.1) is 24.1 Å². The number of carbonyl (C=O) groups is 2. The lowest BCUT2D eigenvalue weighted by molar-refractivity contribution is -0.139. The summed E-state index contributed by atoms with van der Waals surface area (Å²) in [6.45, 7) is 0. The van der Waals surface area contributed by atoms with Crippen molar-refractivity contribution in [1.82, 2.24) is 4.98 Å². The van der Waals surface area contributed by atoms with E-state index in [1.807, 2.05) is 0 Å². The van der Waals surface area contributed by atoms with Crippen molar-refractivity contribution in [1.29, 1.82) is 0 Å². The van der Waals surface area contributed by atoms with Crippen LogP contribution >= 0.6 is 11.3 Å². The Balaban J connectivity index is 2.08. The average molecular weight is 390 g/mol. The molecule has 1 N–H and O–H groups in total. The molecular formula is C14H12F2N2O5S2. The van der Waals surface area contributed by atoms with E-state index in [0.717, 1.165) is 35.6 Å². The summed E-state index contributed by atoms with van der Waals surface area (Å²) >= 11 is 1.09. The highest BCUT2D eigenvalue weighted by molar-refractivity contribution is 7.91. The molecule has 25 heavy (non-hydrogen) atoms. The van der Waals surface area contributed by atoms with Gasteiger partial charge >= 0.3 is 11.7 Å². The summed E-state index contributed by atoms with van der Waals surface area (Å²) < 4.78 is 52.1. The van der Waals surface area contributed by atoms with Crippen LogP contribution < -0.4 is 5.32 Å². The molecule has 0 atom stereocenters. The van der Waals surface area contributed by atoms with Gasteiger partial charge in [-0.3, -0.25) is 14.9 Å². The number of rotatable bonds is 6. The molecule has 7 nitrogen and oxygen atoms in total. The lowest BCUT2D eigenvalue weighted by Gasteiger charge is -2.05. The number of aromatic nitrogens is 1. The molecule has 0 radical (unpaired) electrons. The SMILES string of the molecule is COC(=O)Cc1csc(NC(=O)c2ccc(S(=O)(=O)C(F)F)cc2)n1. The smallest absolute Gasteiger partial charge is 0.341 e. The molecule has 0 unspecified atom stereocenters. The zero-order valence-electron chi connectivity index (χ0n) is 12.7. The number of amides is 1. The van der Waals surface area contributed by atoms with E-state index >= 15 is 0 Å². The van der Waals surface area contributed by atoms with Crippen LogP contribution in [0.15, 0.2) is 34.5 Å². The Morgan fingerprint density at radius 2 is 1.92 bits per heavy atom. The average Bonchev–Trinajstić information content (AvgIpc) is 3.01. The molecule has 0 saturated heterocycles. The molecule has 1 aromatic heterocycles. The standard InChI is InChI=1S/C14H12F2N2O5S2/c1-23-11(19)6-9-7-24-14(17-9)18-12(20)8-2-4-10(5-3-8)25(21,22)13(15)16/h2-5,7,13H,6H2,1H3,(H,17,18,20). The fourth-order valence-corrected chi connectivity index (χ4v) is 3.16. The molecule has 0 aliphatic heterocycles. The van der Waals surface area contributed by atoms with Crippen molar-refractivity contribution >= 4 is 38.2 Å². The Bertz CT molecular complexity index is 879. The highest BCUT2D eigenvalue weighted by Gasteiger charge is 2.26. The molecular weight excluding hydrogens is 378 g/mol. The molecule has 0 fully saturated rings. The minimum Gasteiger partial charge on any atom is -0.469 e. The van der Waals surface area contributed by atoms with E-state index in [1.165, 1.54) is 7.11 Å². The van der Waals surface area contributed by atoms with Crippen LogP contribution in [0.5, 0.6) is 0 Å². The van der Waals surface area contributed by atoms with Crippen LogP contribution in [-0.4, -0.2) is 38.1 Å². The maximum atomic E-state index is 12.5. The lowest BCUT2D eigenvalue weighted by atomic mass is 10.2. The summed E-state index contributed by atoms with van der Waals surface area (Å²) in [5.41, 5.74) is 0.489. The van der Waals surface area contributed by atoms with E-state index in [9.17, 15) is 26.8 Å². The molecule has 0 spiro atoms. The minimum absolute atomic E-state index is 0.0386. The van der Waals surface area contributed by atoms with Crippen molar-refractivity contribution in [3.8, 4) is 0 Å². The topological polar surface area (TPSA) is 102 Å². The number of esters is 1. The second-order valence-corrected chi connectivity index (χ2v) is 7.46. The zero-order chi connectivity index (χ0) is 18.6. The van der Waals surface area contributed by atoms with Crippen molar-refractivity contribution in [3.05, 3.63) is 40.9 Å². The van der Waals surface area contributed by atoms with Gasteiger partial charge in [-0.15, -0.1) is 11.3 Å². The van der Waals surface area contributed by atoms with Gasteiger partial charge in [-0.1, -0.05) is 0 Å². The number of thiazole rings is 1. The van der Waals surface area contributed by atoms with Crippen LogP contribution in [0, 0.1) is 0 Å². The third kappa shape index (κ3) is 4.57. The molecule has 11 heteroatoms. The van der Waals surface area contributed by atoms with Crippen molar-refractivity contribution in [2.24, 2.45) is 0 Å². The van der Waals surface area contributed by atoms with E-state index in [1.54, 1.807) is 5.38 Å². The predicted octanol–water partition coefficient (Wildman–Crippen LogP) is 2.11. The van der Waals surface area contributed by atoms with E-state index in [0.29, 0.717) is 5.69 Å². The summed E-state index contributed by atoms with van der Waals surface area (Å²) in [6, 6.07) is 4.10. The summed E-state index contributed by atoms with van der Waals surface area (Å²) in [4.78, 5) is 26.7. The number of halogens is 2. The van der Waals surface area contributed by atoms with Crippen molar-refractivity contribution in [2.75, 3.05) is 12.4 Å². The van der Waals surface area contributed by atoms with E-state index < -0.39 is 32.4 Å². The van der Waals surface area contributed by atoms with Crippen LogP contribution in [0.4, 0.5) is 13.9 Å². The van der Waals surface area contributed by atoms with Gasteiger partial charge in [0.25, 0.3) is 5.91 Å². The molecule has 1 amide bonds. The molecule has 0 bridgehead atoms. The highest BCUT2D eigenvalue weighted by atomic mass is 32.2. The van der Waals surface area contributed by atoms with Crippen LogP contribution in [0.1, 0.15) is 16.1 Å². The number of carbonyl (C=O) groups excluding carboxylic acids is 2. The fraction of sp³-hybridized carbons (Fsp3) is 0.214. The van der Waals surface area contributed by atoms with E-state index in [2.05, 4.69) is 15.0 Å². The number of benzene rings is 1. The number of hydrogen-bond donors (Lipinski definition) is 1. The second-order valence-electron chi connectivity index (χ2n) is 4.68. The lowest BCUT2D eigenvalue weighted by Crippen LogP contribution is -2.14. The quantitative estimate of drug-likeness (QED) is 0.758. The first kappa shape index (κ1) is 18.9. The number of hydrogen-bond acceptors (Lipinski definition) is 7. The number of alkyl halides is 2. The van der Waals surface area contributed by atoms with Crippen molar-refractivity contribution in [3.63, 3.8) is 0 Å². The summed E-state index contributed by atoms with van der Waals surface area (Å²) in [6.07, 6.45) is -0.0386. The Labute approximate surface area is 145 Å². The minimum atomic E-state index is -4.71. The van der Waals surface area contributed by atoms with Crippen LogP contribution in [0.25, 0.3) is 0 Å². The van der Waals surface area contributed by atoms with Gasteiger partial charge in [-0.25, -0.2) is 13.4 Å². The molecule has 2 aromatic rings. The van der Waals surface area contributed by atoms with E-state index in [-0.39, 0.29) is 17.1 Å². The maximum absolute atomic E-state index is 12.5. The predicted molar refractivity (Wildman–Crippen MR) is 85.4 cm³/mol. The van der Waals surface area contributed by atoms with Crippen LogP contribution in [0.2, 0.25) is 0 Å². The number of methoxy groups -OCH3 is 1. The number of nitrogens with zero attached hydrogens (tertiary/aromatic N) is 1. The van der Waals surface area contributed by atoms with Gasteiger partial charge in [-0.2, -0.15) is 8.78 Å². The Kier molecular flexibility index (Phi) is 5.80. The first-order valence-corrected chi connectivity index (χ1v) is 9.11. The first-order chi connectivity index (χ1) is 11.7. The van der Waals surface area contributed by atoms with Crippen molar-refractivity contribution in [2.45, 2.75) is 17.1 Å². The summed E-state index contributed by atoms with van der Waals surface area (Å²) in [5.74, 6) is -4.60. The molecule has 2 rings (SSSR count). The molecule has 0 saturated carbocycles. The Morgan fingerprint density at radius 3 is 2.48 bits per heavy atom. The molecule has 1 heterocycles. The van der Waals surface area contributed by atoms with Gasteiger partial charge in [0.15, 0.2) is 5.13 Å². The third-order valence-electron chi connectivity index (χ3n) is 3.00. The van der Waals surface area contributed by atoms with Gasteiger partial charge in [0.1, 0.15) is 0 Å². The normalized spacial score (nSPS) is 11.4. The largest absolute Gasteiger partial charge is 0.469 e. The highest BCUT2D eigenvalue weighted by Crippen LogP contribution is 2.20. The van der Waals surface area contributed by atoms with Crippen LogP contribution in [0.3, 0.4) is 0 Å². The number of anilines is 1. The van der Waals surface area contributed by atoms with Gasteiger partial charge in [0, 0.05) is 10.9 Å². The first-order valence-electron chi connectivity index (χ1n) is 6.68. The fourth-order valence-electron chi connectivity index (χ4n) is 1.73. The van der Waals surface area contributed by atoms with Crippen molar-refractivity contribution < 1.29 is 31.5 Å². The monoisotopic (exact) mass is 390 g/mol. The van der Waals surface area contributed by atoms with Gasteiger partial charge in [-0.05, 0) is 24.3 Å². The number of sulfone groups is 1. The number of nitrogens with one attached hydrogen (secondary N) is 1. The maximum Gasteiger partial charge on any atom is 0.341 e. The Hall–Kier alpha value is -2.40. The Morgan fingerprint density at radius 1 is 1.28 bits per heavy atom. The van der Waals surface area contributed by atoms with Crippen LogP contribution in [-0.2, 0) is 25.8 Å². The summed E-state index contributed by atoms with van der Waals surface area (Å²) in [7, 11) is -3.46. The summed E-state index contributed by atoms with van der Waals surface area (Å²) in [5, 5.41) is 4.27. The molecule has 1 aromatic carbocycles. The molecule has 134 valence electrons. The van der Waals surface area contributed by atoms with E-state index in [4.69, 9.17) is 0 Å². The zero-order valence-corrected chi connectivity index (χ0v) is 14.4. The second kappa shape index (κ2) is 7.66. The van der Waals surface area contributed by atoms with Gasteiger partial charge in [0.2, 0.25) is 9.84 Å². The van der Waals surface area contributed by atoms with Gasteiger partial charge < -0.3 is 4.74 Å². The molecule has 0 aliphatic carbocycles. The number of ether oxygens (including phenoxy) is 1.